The standard InChI is InChI=1S/C24H27N3O4/c1-16(20-14-18(30-3)12-13-22(20)31-4)25-24(29)27(2)15-23(28)26-21-11-7-9-17-8-5-6-10-19(17)21/h5-14,16H,15H2,1-4H3,(H,25,29)(H,26,28). The Hall–Kier alpha value is -3.74. The van der Waals surface area contributed by atoms with Gasteiger partial charge in [-0.25, -0.2) is 4.79 Å². The van der Waals surface area contributed by atoms with E-state index in [4.69, 9.17) is 9.47 Å². The number of ether oxygens (including phenoxy) is 2. The topological polar surface area (TPSA) is 79.9 Å². The van der Waals surface area contributed by atoms with E-state index < -0.39 is 0 Å². The highest BCUT2D eigenvalue weighted by molar-refractivity contribution is 6.03. The van der Waals surface area contributed by atoms with E-state index in [9.17, 15) is 9.59 Å². The molecule has 0 aliphatic rings. The normalized spacial score (nSPS) is 11.5. The number of carbonyl (C=O) groups excluding carboxylic acids is 2. The maximum Gasteiger partial charge on any atom is 0.318 e. The summed E-state index contributed by atoms with van der Waals surface area (Å²) in [5, 5.41) is 7.77. The molecule has 1 atom stereocenters. The Balaban J connectivity index is 1.63. The third kappa shape index (κ3) is 5.25. The lowest BCUT2D eigenvalue weighted by molar-refractivity contribution is -0.116. The number of hydrogen-bond acceptors (Lipinski definition) is 4. The van der Waals surface area contributed by atoms with Crippen molar-refractivity contribution in [2.24, 2.45) is 0 Å². The average molecular weight is 421 g/mol. The molecule has 0 heterocycles. The van der Waals surface area contributed by atoms with E-state index in [0.29, 0.717) is 17.2 Å². The molecule has 0 saturated heterocycles. The minimum Gasteiger partial charge on any atom is -0.497 e. The number of rotatable bonds is 7. The molecule has 0 spiro atoms. The third-order valence-electron chi connectivity index (χ3n) is 5.03. The lowest BCUT2D eigenvalue weighted by atomic mass is 10.1. The molecule has 1 unspecified atom stereocenters. The number of likely N-dealkylation sites (N-methyl/N-ethyl adjacent to an activating group) is 1. The summed E-state index contributed by atoms with van der Waals surface area (Å²) in [7, 11) is 4.73. The van der Waals surface area contributed by atoms with Crippen LogP contribution < -0.4 is 20.1 Å². The predicted molar refractivity (Wildman–Crippen MR) is 122 cm³/mol. The molecule has 31 heavy (non-hydrogen) atoms. The van der Waals surface area contributed by atoms with Gasteiger partial charge in [-0.1, -0.05) is 36.4 Å². The van der Waals surface area contributed by atoms with Crippen LogP contribution in [0.4, 0.5) is 10.5 Å². The number of amides is 3. The largest absolute Gasteiger partial charge is 0.497 e. The number of benzene rings is 3. The SMILES string of the molecule is COc1ccc(OC)c(C(C)NC(=O)N(C)CC(=O)Nc2cccc3ccccc23)c1. The summed E-state index contributed by atoms with van der Waals surface area (Å²) < 4.78 is 10.7. The third-order valence-corrected chi connectivity index (χ3v) is 5.03. The molecular formula is C24H27N3O4. The van der Waals surface area contributed by atoms with Crippen molar-refractivity contribution in [3.05, 3.63) is 66.2 Å². The molecule has 0 radical (unpaired) electrons. The maximum absolute atomic E-state index is 12.6. The molecular weight excluding hydrogens is 394 g/mol. The van der Waals surface area contributed by atoms with Gasteiger partial charge in [-0.05, 0) is 36.6 Å². The van der Waals surface area contributed by atoms with Crippen molar-refractivity contribution >= 4 is 28.4 Å². The number of fused-ring (bicyclic) bond motifs is 1. The molecule has 7 heteroatoms. The van der Waals surface area contributed by atoms with Crippen LogP contribution in [0, 0.1) is 0 Å². The molecule has 3 aromatic rings. The van der Waals surface area contributed by atoms with E-state index in [1.165, 1.54) is 4.90 Å². The maximum atomic E-state index is 12.6. The number of methoxy groups -OCH3 is 2. The zero-order valence-corrected chi connectivity index (χ0v) is 18.1. The number of anilines is 1. The van der Waals surface area contributed by atoms with Crippen molar-refractivity contribution in [2.45, 2.75) is 13.0 Å². The van der Waals surface area contributed by atoms with Gasteiger partial charge in [0.2, 0.25) is 5.91 Å². The van der Waals surface area contributed by atoms with Gasteiger partial charge in [-0.15, -0.1) is 0 Å². The summed E-state index contributed by atoms with van der Waals surface area (Å²) >= 11 is 0. The molecule has 3 amide bonds. The molecule has 7 nitrogen and oxygen atoms in total. The summed E-state index contributed by atoms with van der Waals surface area (Å²) in [6, 6.07) is 18.2. The second-order valence-corrected chi connectivity index (χ2v) is 7.21. The monoisotopic (exact) mass is 421 g/mol. The van der Waals surface area contributed by atoms with Crippen molar-refractivity contribution < 1.29 is 19.1 Å². The van der Waals surface area contributed by atoms with Gasteiger partial charge in [0.05, 0.1) is 20.3 Å². The van der Waals surface area contributed by atoms with E-state index in [1.54, 1.807) is 33.4 Å². The highest BCUT2D eigenvalue weighted by Gasteiger charge is 2.19. The first-order chi connectivity index (χ1) is 14.9. The molecule has 0 fully saturated rings. The Morgan fingerprint density at radius 2 is 1.74 bits per heavy atom. The van der Waals surface area contributed by atoms with Crippen molar-refractivity contribution in [1.82, 2.24) is 10.2 Å². The first-order valence-electron chi connectivity index (χ1n) is 9.94. The number of carbonyl (C=O) groups is 2. The second-order valence-electron chi connectivity index (χ2n) is 7.21. The molecule has 3 rings (SSSR count). The Morgan fingerprint density at radius 1 is 1.00 bits per heavy atom. The van der Waals surface area contributed by atoms with Gasteiger partial charge in [0.15, 0.2) is 0 Å². The van der Waals surface area contributed by atoms with E-state index in [0.717, 1.165) is 16.3 Å². The van der Waals surface area contributed by atoms with Crippen LogP contribution in [0.2, 0.25) is 0 Å². The fourth-order valence-electron chi connectivity index (χ4n) is 3.36. The molecule has 2 N–H and O–H groups in total. The van der Waals surface area contributed by atoms with Crippen LogP contribution in [0.5, 0.6) is 11.5 Å². The van der Waals surface area contributed by atoms with Gasteiger partial charge in [0.25, 0.3) is 0 Å². The second kappa shape index (κ2) is 9.84. The zero-order chi connectivity index (χ0) is 22.4. The van der Waals surface area contributed by atoms with Crippen molar-refractivity contribution in [1.29, 1.82) is 0 Å². The average Bonchev–Trinajstić information content (AvgIpc) is 2.78. The highest BCUT2D eigenvalue weighted by Crippen LogP contribution is 2.29. The van der Waals surface area contributed by atoms with Gasteiger partial charge < -0.3 is 25.0 Å². The van der Waals surface area contributed by atoms with Crippen LogP contribution in [-0.2, 0) is 4.79 Å². The predicted octanol–water partition coefficient (Wildman–Crippen LogP) is 4.20. The van der Waals surface area contributed by atoms with Gasteiger partial charge in [-0.2, -0.15) is 0 Å². The van der Waals surface area contributed by atoms with E-state index in [1.807, 2.05) is 55.5 Å². The fraction of sp³-hybridized carbons (Fsp3) is 0.250. The molecule has 0 aliphatic carbocycles. The smallest absolute Gasteiger partial charge is 0.318 e. The summed E-state index contributed by atoms with van der Waals surface area (Å²) in [6.07, 6.45) is 0. The Morgan fingerprint density at radius 3 is 2.48 bits per heavy atom. The summed E-state index contributed by atoms with van der Waals surface area (Å²) in [5.74, 6) is 1.03. The lowest BCUT2D eigenvalue weighted by Crippen LogP contribution is -2.42. The Labute approximate surface area is 181 Å². The van der Waals surface area contributed by atoms with Crippen LogP contribution >= 0.6 is 0 Å². The molecule has 0 bridgehead atoms. The van der Waals surface area contributed by atoms with Crippen molar-refractivity contribution in [3.63, 3.8) is 0 Å². The number of nitrogens with zero attached hydrogens (tertiary/aromatic N) is 1. The van der Waals surface area contributed by atoms with Crippen molar-refractivity contribution in [3.8, 4) is 11.5 Å². The van der Waals surface area contributed by atoms with E-state index in [-0.39, 0.29) is 24.5 Å². The van der Waals surface area contributed by atoms with Crippen LogP contribution in [-0.4, -0.2) is 44.7 Å². The van der Waals surface area contributed by atoms with Crippen LogP contribution in [0.15, 0.2) is 60.7 Å². The Bertz CT molecular complexity index is 1080. The molecule has 0 aliphatic heterocycles. The van der Waals surface area contributed by atoms with Crippen LogP contribution in [0.1, 0.15) is 18.5 Å². The summed E-state index contributed by atoms with van der Waals surface area (Å²) in [6.45, 7) is 1.76. The molecule has 0 saturated carbocycles. The molecule has 0 aromatic heterocycles. The van der Waals surface area contributed by atoms with Gasteiger partial charge in [0, 0.05) is 23.7 Å². The lowest BCUT2D eigenvalue weighted by Gasteiger charge is -2.23. The molecule has 162 valence electrons. The zero-order valence-electron chi connectivity index (χ0n) is 18.1. The first kappa shape index (κ1) is 22.0. The minimum atomic E-state index is -0.370. The fourth-order valence-corrected chi connectivity index (χ4v) is 3.36. The van der Waals surface area contributed by atoms with Gasteiger partial charge in [0.1, 0.15) is 18.0 Å². The quantitative estimate of drug-likeness (QED) is 0.599. The Kier molecular flexibility index (Phi) is 6.97. The van der Waals surface area contributed by atoms with Gasteiger partial charge in [-0.3, -0.25) is 4.79 Å². The minimum absolute atomic E-state index is 0.0863. The van der Waals surface area contributed by atoms with Crippen LogP contribution in [0.3, 0.4) is 0 Å². The van der Waals surface area contributed by atoms with Gasteiger partial charge >= 0.3 is 6.03 Å². The summed E-state index contributed by atoms with van der Waals surface area (Å²) in [4.78, 5) is 26.5. The highest BCUT2D eigenvalue weighted by atomic mass is 16.5. The molecule has 3 aromatic carbocycles. The van der Waals surface area contributed by atoms with Crippen molar-refractivity contribution in [2.75, 3.05) is 33.1 Å². The van der Waals surface area contributed by atoms with E-state index in [2.05, 4.69) is 10.6 Å². The summed E-state index contributed by atoms with van der Waals surface area (Å²) in [5.41, 5.74) is 1.50. The number of nitrogens with one attached hydrogen (secondary N) is 2. The first-order valence-corrected chi connectivity index (χ1v) is 9.94. The number of urea groups is 1. The van der Waals surface area contributed by atoms with E-state index >= 15 is 0 Å². The van der Waals surface area contributed by atoms with Crippen LogP contribution in [0.25, 0.3) is 10.8 Å². The number of hydrogen-bond donors (Lipinski definition) is 2.